The third kappa shape index (κ3) is 4.55. The van der Waals surface area contributed by atoms with Gasteiger partial charge in [-0.2, -0.15) is 0 Å². The first kappa shape index (κ1) is 29.0. The Hall–Kier alpha value is -5.69. The van der Waals surface area contributed by atoms with Gasteiger partial charge in [0.1, 0.15) is 11.3 Å². The molecule has 1 aromatic heterocycles. The molecule has 228 valence electrons. The molecule has 4 amide bonds. The molecule has 0 unspecified atom stereocenters. The van der Waals surface area contributed by atoms with Crippen LogP contribution in [0.4, 0.5) is 27.5 Å². The predicted molar refractivity (Wildman–Crippen MR) is 180 cm³/mol. The van der Waals surface area contributed by atoms with Crippen LogP contribution in [0.15, 0.2) is 125 Å². The van der Waals surface area contributed by atoms with Crippen molar-refractivity contribution >= 4 is 46.7 Å². The smallest absolute Gasteiger partial charge is 0.343 e. The van der Waals surface area contributed by atoms with Gasteiger partial charge < -0.3 is 9.73 Å². The van der Waals surface area contributed by atoms with Crippen LogP contribution < -0.4 is 15.1 Å². The number of hydrogen-bond acceptors (Lipinski definition) is 5. The summed E-state index contributed by atoms with van der Waals surface area (Å²) in [6.45, 7) is 8.74. The molecule has 7 heteroatoms. The maximum Gasteiger partial charge on any atom is 0.343 e. The highest BCUT2D eigenvalue weighted by Crippen LogP contribution is 2.49. The van der Waals surface area contributed by atoms with Gasteiger partial charge in [-0.1, -0.05) is 100 Å². The first-order chi connectivity index (χ1) is 22.1. The van der Waals surface area contributed by atoms with Crippen LogP contribution in [0.5, 0.6) is 0 Å². The number of benzene rings is 4. The van der Waals surface area contributed by atoms with Crippen LogP contribution in [0, 0.1) is 0 Å². The molecule has 5 aromatic rings. The number of imide groups is 2. The van der Waals surface area contributed by atoms with E-state index in [0.717, 1.165) is 32.3 Å². The number of barbiturate groups is 1. The molecule has 46 heavy (non-hydrogen) atoms. The Morgan fingerprint density at radius 3 is 1.91 bits per heavy atom. The fourth-order valence-corrected chi connectivity index (χ4v) is 6.54. The zero-order chi connectivity index (χ0) is 32.2. The lowest BCUT2D eigenvalue weighted by atomic mass is 9.70. The quantitative estimate of drug-likeness (QED) is 0.160. The normalized spacial score (nSPS) is 15.7. The van der Waals surface area contributed by atoms with E-state index in [1.165, 1.54) is 17.2 Å². The van der Waals surface area contributed by atoms with E-state index in [2.05, 4.69) is 69.4 Å². The van der Waals surface area contributed by atoms with E-state index in [-0.39, 0.29) is 11.0 Å². The van der Waals surface area contributed by atoms with Crippen LogP contribution in [0.1, 0.15) is 55.7 Å². The molecule has 3 heterocycles. The minimum absolute atomic E-state index is 0.178. The molecule has 0 aliphatic carbocycles. The molecule has 1 N–H and O–H groups in total. The molecule has 2 aliphatic rings. The predicted octanol–water partition coefficient (Wildman–Crippen LogP) is 8.57. The highest BCUT2D eigenvalue weighted by molar-refractivity contribution is 6.46. The average Bonchev–Trinajstić information content (AvgIpc) is 3.54. The Balaban J connectivity index is 1.28. The van der Waals surface area contributed by atoms with Gasteiger partial charge in [0, 0.05) is 27.8 Å². The number of furan rings is 1. The standard InChI is InChI=1S/C39H33N3O4/c1-38(2,31-19-13-20-32-34(31)40-33-21-12-11-18-30(33)39(32,3)4)25-22-28(46-24-25)23-29-35(43)41(26-14-7-5-8-15-26)37(45)42(36(29)44)27-16-9-6-10-17-27/h5-24,40H,1-4H3. The molecule has 7 nitrogen and oxygen atoms in total. The number of carbonyl (C=O) groups is 3. The summed E-state index contributed by atoms with van der Waals surface area (Å²) in [5.74, 6) is -1.10. The Labute approximate surface area is 267 Å². The van der Waals surface area contributed by atoms with Crippen molar-refractivity contribution in [1.82, 2.24) is 0 Å². The molecule has 0 atom stereocenters. The zero-order valence-electron chi connectivity index (χ0n) is 26.1. The maximum atomic E-state index is 13.8. The van der Waals surface area contributed by atoms with Crippen molar-refractivity contribution in [3.8, 4) is 0 Å². The highest BCUT2D eigenvalue weighted by atomic mass is 16.3. The average molecular weight is 608 g/mol. The number of nitrogens with zero attached hydrogens (tertiary/aromatic N) is 2. The third-order valence-electron chi connectivity index (χ3n) is 9.18. The van der Waals surface area contributed by atoms with E-state index < -0.39 is 23.3 Å². The van der Waals surface area contributed by atoms with E-state index >= 15 is 0 Å². The van der Waals surface area contributed by atoms with Gasteiger partial charge >= 0.3 is 6.03 Å². The summed E-state index contributed by atoms with van der Waals surface area (Å²) in [7, 11) is 0. The lowest BCUT2D eigenvalue weighted by Crippen LogP contribution is -2.57. The maximum absolute atomic E-state index is 13.8. The van der Waals surface area contributed by atoms with Crippen molar-refractivity contribution in [2.75, 3.05) is 15.1 Å². The number of nitrogens with one attached hydrogen (secondary N) is 1. The molecule has 1 saturated heterocycles. The molecule has 4 aromatic carbocycles. The van der Waals surface area contributed by atoms with Crippen molar-refractivity contribution < 1.29 is 18.8 Å². The second-order valence-electron chi connectivity index (χ2n) is 12.7. The van der Waals surface area contributed by atoms with Crippen LogP contribution >= 0.6 is 0 Å². The Kier molecular flexibility index (Phi) is 6.78. The van der Waals surface area contributed by atoms with E-state index in [9.17, 15) is 14.4 Å². The summed E-state index contributed by atoms with van der Waals surface area (Å²) in [6, 6.07) is 33.0. The molecule has 0 radical (unpaired) electrons. The van der Waals surface area contributed by atoms with E-state index in [0.29, 0.717) is 17.1 Å². The van der Waals surface area contributed by atoms with Gasteiger partial charge in [0.05, 0.1) is 17.6 Å². The topological polar surface area (TPSA) is 82.9 Å². The van der Waals surface area contributed by atoms with Crippen LogP contribution in [-0.2, 0) is 20.4 Å². The van der Waals surface area contributed by atoms with E-state index in [4.69, 9.17) is 4.42 Å². The van der Waals surface area contributed by atoms with Crippen molar-refractivity contribution in [1.29, 1.82) is 0 Å². The van der Waals surface area contributed by atoms with Gasteiger partial charge in [-0.3, -0.25) is 9.59 Å². The number of anilines is 4. The van der Waals surface area contributed by atoms with Gasteiger partial charge in [-0.15, -0.1) is 0 Å². The SMILES string of the molecule is CC(C)(c1coc(C=C2C(=O)N(c3ccccc3)C(=O)N(c3ccccc3)C2=O)c1)c1cccc2c1Nc1ccccc1C2(C)C. The lowest BCUT2D eigenvalue weighted by molar-refractivity contribution is -0.121. The van der Waals surface area contributed by atoms with E-state index in [1.807, 2.05) is 12.1 Å². The third-order valence-corrected chi connectivity index (χ3v) is 9.18. The van der Waals surface area contributed by atoms with Gasteiger partial charge in [-0.25, -0.2) is 14.6 Å². The Morgan fingerprint density at radius 1 is 0.717 bits per heavy atom. The molecule has 2 aliphatic heterocycles. The van der Waals surface area contributed by atoms with Gasteiger partial charge in [0.2, 0.25) is 0 Å². The largest absolute Gasteiger partial charge is 0.465 e. The molecular weight excluding hydrogens is 574 g/mol. The molecule has 0 saturated carbocycles. The zero-order valence-corrected chi connectivity index (χ0v) is 26.1. The summed E-state index contributed by atoms with van der Waals surface area (Å²) in [5.41, 5.74) is 6.38. The molecule has 0 spiro atoms. The molecular formula is C39H33N3O4. The molecule has 7 rings (SSSR count). The van der Waals surface area contributed by atoms with Crippen molar-refractivity contribution in [2.24, 2.45) is 0 Å². The first-order valence-electron chi connectivity index (χ1n) is 15.2. The second kappa shape index (κ2) is 10.7. The summed E-state index contributed by atoms with van der Waals surface area (Å²) >= 11 is 0. The van der Waals surface area contributed by atoms with Gasteiger partial charge in [-0.05, 0) is 59.2 Å². The number of hydrogen-bond donors (Lipinski definition) is 1. The first-order valence-corrected chi connectivity index (χ1v) is 15.2. The van der Waals surface area contributed by atoms with Crippen molar-refractivity contribution in [2.45, 2.75) is 38.5 Å². The number of amides is 4. The number of urea groups is 1. The number of carbonyl (C=O) groups excluding carboxylic acids is 3. The van der Waals surface area contributed by atoms with Crippen LogP contribution in [0.3, 0.4) is 0 Å². The number of fused-ring (bicyclic) bond motifs is 2. The number of rotatable bonds is 5. The lowest BCUT2D eigenvalue weighted by Gasteiger charge is -2.39. The molecule has 1 fully saturated rings. The highest BCUT2D eigenvalue weighted by Gasteiger charge is 2.44. The number of para-hydroxylation sites is 4. The van der Waals surface area contributed by atoms with Crippen LogP contribution in [0.2, 0.25) is 0 Å². The van der Waals surface area contributed by atoms with Gasteiger partial charge in [0.25, 0.3) is 11.8 Å². The summed E-state index contributed by atoms with van der Waals surface area (Å²) in [6.07, 6.45) is 3.10. The minimum Gasteiger partial charge on any atom is -0.465 e. The Bertz CT molecular complexity index is 1980. The van der Waals surface area contributed by atoms with Crippen LogP contribution in [0.25, 0.3) is 6.08 Å². The van der Waals surface area contributed by atoms with Gasteiger partial charge in [0.15, 0.2) is 0 Å². The summed E-state index contributed by atoms with van der Waals surface area (Å²) in [4.78, 5) is 43.3. The summed E-state index contributed by atoms with van der Waals surface area (Å²) < 4.78 is 6.00. The van der Waals surface area contributed by atoms with Crippen molar-refractivity contribution in [3.05, 3.63) is 149 Å². The second-order valence-corrected chi connectivity index (χ2v) is 12.7. The molecule has 0 bridgehead atoms. The monoisotopic (exact) mass is 607 g/mol. The fourth-order valence-electron chi connectivity index (χ4n) is 6.54. The van der Waals surface area contributed by atoms with Crippen LogP contribution in [-0.4, -0.2) is 17.8 Å². The van der Waals surface area contributed by atoms with Crippen molar-refractivity contribution in [3.63, 3.8) is 0 Å². The van der Waals surface area contributed by atoms with E-state index in [1.54, 1.807) is 66.9 Å². The fraction of sp³-hybridized carbons (Fsp3) is 0.154. The summed E-state index contributed by atoms with van der Waals surface area (Å²) in [5, 5.41) is 3.69. The Morgan fingerprint density at radius 2 is 1.28 bits per heavy atom. The minimum atomic E-state index is -0.739.